The van der Waals surface area contributed by atoms with Crippen LogP contribution in [0.15, 0.2) is 36.5 Å². The van der Waals surface area contributed by atoms with Crippen molar-refractivity contribution in [3.05, 3.63) is 42.2 Å². The van der Waals surface area contributed by atoms with Crippen molar-refractivity contribution >= 4 is 5.78 Å². The Balaban J connectivity index is 2.02. The van der Waals surface area contributed by atoms with E-state index in [-0.39, 0.29) is 17.1 Å². The van der Waals surface area contributed by atoms with Crippen LogP contribution in [-0.2, 0) is 0 Å². The Hall–Kier alpha value is -2.01. The average Bonchev–Trinajstić information content (AvgIpc) is 3.17. The van der Waals surface area contributed by atoms with Crippen LogP contribution in [0.2, 0.25) is 0 Å². The Morgan fingerprint density at radius 2 is 2.10 bits per heavy atom. The maximum atomic E-state index is 13.1. The van der Waals surface area contributed by atoms with Crippen molar-refractivity contribution in [1.82, 2.24) is 20.3 Å². The first-order valence-corrected chi connectivity index (χ1v) is 7.37. The molecule has 1 fully saturated rings. The van der Waals surface area contributed by atoms with Crippen molar-refractivity contribution in [2.45, 2.75) is 20.3 Å². The molecule has 0 aliphatic carbocycles. The number of Topliss-reactive ketones (excluding diaryl/α,β-unsaturated/α-hetero) is 1. The van der Waals surface area contributed by atoms with Crippen LogP contribution in [0.5, 0.6) is 0 Å². The van der Waals surface area contributed by atoms with Crippen molar-refractivity contribution in [1.29, 1.82) is 0 Å². The lowest BCUT2D eigenvalue weighted by Crippen LogP contribution is -2.39. The highest BCUT2D eigenvalue weighted by Gasteiger charge is 2.45. The summed E-state index contributed by atoms with van der Waals surface area (Å²) in [5.41, 5.74) is 1.08. The van der Waals surface area contributed by atoms with E-state index in [2.05, 4.69) is 29.5 Å². The number of hydrogen-bond donors (Lipinski definition) is 1. The van der Waals surface area contributed by atoms with Crippen molar-refractivity contribution < 1.29 is 4.79 Å². The molecule has 0 bridgehead atoms. The summed E-state index contributed by atoms with van der Waals surface area (Å²) in [7, 11) is 0. The second kappa shape index (κ2) is 5.41. The number of hydrogen-bond acceptors (Lipinski definition) is 4. The Bertz CT molecular complexity index is 627. The summed E-state index contributed by atoms with van der Waals surface area (Å²) in [6.45, 7) is 5.84. The van der Waals surface area contributed by atoms with Gasteiger partial charge in [0.1, 0.15) is 5.69 Å². The van der Waals surface area contributed by atoms with E-state index in [1.54, 1.807) is 10.9 Å². The topological polar surface area (TPSA) is 59.8 Å². The van der Waals surface area contributed by atoms with Gasteiger partial charge in [0, 0.05) is 6.54 Å². The molecule has 110 valence electrons. The first-order valence-electron chi connectivity index (χ1n) is 7.37. The molecule has 1 aromatic heterocycles. The van der Waals surface area contributed by atoms with Crippen LogP contribution in [0.1, 0.15) is 30.8 Å². The maximum Gasteiger partial charge on any atom is 0.190 e. The molecule has 1 aliphatic heterocycles. The Labute approximate surface area is 124 Å². The van der Waals surface area contributed by atoms with E-state index in [0.717, 1.165) is 25.2 Å². The molecule has 0 radical (unpaired) electrons. The molecule has 1 saturated heterocycles. The SMILES string of the molecule is CC(C)C1(C(=O)c2cnnn2-c2ccccc2)CCNC1. The zero-order valence-corrected chi connectivity index (χ0v) is 12.4. The Morgan fingerprint density at radius 3 is 2.71 bits per heavy atom. The quantitative estimate of drug-likeness (QED) is 0.873. The minimum atomic E-state index is -0.353. The molecular weight excluding hydrogens is 264 g/mol. The van der Waals surface area contributed by atoms with Gasteiger partial charge in [-0.15, -0.1) is 5.10 Å². The number of ketones is 1. The molecule has 3 rings (SSSR count). The number of nitrogens with one attached hydrogen (secondary N) is 1. The fourth-order valence-corrected chi connectivity index (χ4v) is 3.06. The summed E-state index contributed by atoms with van der Waals surface area (Å²) in [5, 5.41) is 11.4. The number of carbonyl (C=O) groups excluding carboxylic acids is 1. The molecule has 1 aliphatic rings. The fourth-order valence-electron chi connectivity index (χ4n) is 3.06. The van der Waals surface area contributed by atoms with Crippen LogP contribution >= 0.6 is 0 Å². The first kappa shape index (κ1) is 13.9. The van der Waals surface area contributed by atoms with Crippen molar-refractivity contribution in [2.24, 2.45) is 11.3 Å². The fraction of sp³-hybridized carbons (Fsp3) is 0.438. The van der Waals surface area contributed by atoms with Crippen LogP contribution in [0.25, 0.3) is 5.69 Å². The van der Waals surface area contributed by atoms with Gasteiger partial charge in [-0.3, -0.25) is 4.79 Å². The molecule has 1 atom stereocenters. The van der Waals surface area contributed by atoms with Gasteiger partial charge in [-0.25, -0.2) is 4.68 Å². The third-order valence-electron chi connectivity index (χ3n) is 4.53. The van der Waals surface area contributed by atoms with E-state index >= 15 is 0 Å². The summed E-state index contributed by atoms with van der Waals surface area (Å²) in [5.74, 6) is 0.412. The summed E-state index contributed by atoms with van der Waals surface area (Å²) in [6, 6.07) is 9.67. The summed E-state index contributed by atoms with van der Waals surface area (Å²) < 4.78 is 1.64. The van der Waals surface area contributed by atoms with E-state index in [0.29, 0.717) is 5.69 Å². The van der Waals surface area contributed by atoms with Gasteiger partial charge in [-0.05, 0) is 31.0 Å². The predicted octanol–water partition coefficient (Wildman–Crippen LogP) is 2.09. The number of rotatable bonds is 4. The lowest BCUT2D eigenvalue weighted by molar-refractivity contribution is 0.0731. The molecule has 0 saturated carbocycles. The van der Waals surface area contributed by atoms with Crippen molar-refractivity contribution in [3.63, 3.8) is 0 Å². The van der Waals surface area contributed by atoms with Gasteiger partial charge in [0.15, 0.2) is 5.78 Å². The van der Waals surface area contributed by atoms with E-state index in [9.17, 15) is 4.79 Å². The molecule has 0 amide bonds. The van der Waals surface area contributed by atoms with Gasteiger partial charge in [-0.1, -0.05) is 37.3 Å². The summed E-state index contributed by atoms with van der Waals surface area (Å²) >= 11 is 0. The third-order valence-corrected chi connectivity index (χ3v) is 4.53. The molecule has 5 heteroatoms. The summed E-state index contributed by atoms with van der Waals surface area (Å²) in [6.07, 6.45) is 2.45. The van der Waals surface area contributed by atoms with Crippen LogP contribution in [0, 0.1) is 11.3 Å². The monoisotopic (exact) mass is 284 g/mol. The standard InChI is InChI=1S/C16H20N4O/c1-12(2)16(8-9-17-11-16)15(21)14-10-18-19-20(14)13-6-4-3-5-7-13/h3-7,10,12,17H,8-9,11H2,1-2H3. The molecule has 1 unspecified atom stereocenters. The largest absolute Gasteiger partial charge is 0.316 e. The van der Waals surface area contributed by atoms with Gasteiger partial charge in [0.2, 0.25) is 0 Å². The number of para-hydroxylation sites is 1. The molecule has 2 heterocycles. The zero-order chi connectivity index (χ0) is 14.9. The second-order valence-corrected chi connectivity index (χ2v) is 5.93. The minimum absolute atomic E-state index is 0.136. The molecule has 0 spiro atoms. The van der Waals surface area contributed by atoms with E-state index in [1.807, 2.05) is 30.3 Å². The number of carbonyl (C=O) groups is 1. The molecule has 2 aromatic rings. The Kier molecular flexibility index (Phi) is 3.59. The van der Waals surface area contributed by atoms with E-state index in [4.69, 9.17) is 0 Å². The van der Waals surface area contributed by atoms with Gasteiger partial charge in [0.05, 0.1) is 17.3 Å². The first-order chi connectivity index (χ1) is 10.1. The maximum absolute atomic E-state index is 13.1. The molecule has 21 heavy (non-hydrogen) atoms. The average molecular weight is 284 g/mol. The minimum Gasteiger partial charge on any atom is -0.316 e. The van der Waals surface area contributed by atoms with Crippen LogP contribution in [0.3, 0.4) is 0 Å². The van der Waals surface area contributed by atoms with Gasteiger partial charge < -0.3 is 5.32 Å². The lowest BCUT2D eigenvalue weighted by Gasteiger charge is -2.30. The lowest BCUT2D eigenvalue weighted by atomic mass is 9.72. The van der Waals surface area contributed by atoms with Gasteiger partial charge in [-0.2, -0.15) is 0 Å². The third kappa shape index (κ3) is 2.27. The number of aromatic nitrogens is 3. The second-order valence-electron chi connectivity index (χ2n) is 5.93. The smallest absolute Gasteiger partial charge is 0.190 e. The predicted molar refractivity (Wildman–Crippen MR) is 80.4 cm³/mol. The molecular formula is C16H20N4O. The van der Waals surface area contributed by atoms with Gasteiger partial charge in [0.25, 0.3) is 0 Å². The van der Waals surface area contributed by atoms with E-state index < -0.39 is 0 Å². The normalized spacial score (nSPS) is 21.9. The number of nitrogens with zero attached hydrogens (tertiary/aromatic N) is 3. The van der Waals surface area contributed by atoms with E-state index in [1.165, 1.54) is 0 Å². The Morgan fingerprint density at radius 1 is 1.33 bits per heavy atom. The van der Waals surface area contributed by atoms with Crippen molar-refractivity contribution in [3.8, 4) is 5.69 Å². The zero-order valence-electron chi connectivity index (χ0n) is 12.4. The highest BCUT2D eigenvalue weighted by molar-refractivity contribution is 6.00. The molecule has 1 N–H and O–H groups in total. The highest BCUT2D eigenvalue weighted by atomic mass is 16.1. The van der Waals surface area contributed by atoms with Crippen LogP contribution in [0.4, 0.5) is 0 Å². The van der Waals surface area contributed by atoms with Crippen LogP contribution in [-0.4, -0.2) is 33.9 Å². The van der Waals surface area contributed by atoms with Crippen LogP contribution < -0.4 is 5.32 Å². The summed E-state index contributed by atoms with van der Waals surface area (Å²) in [4.78, 5) is 13.1. The van der Waals surface area contributed by atoms with Gasteiger partial charge >= 0.3 is 0 Å². The molecule has 5 nitrogen and oxygen atoms in total. The molecule has 1 aromatic carbocycles. The number of benzene rings is 1. The highest BCUT2D eigenvalue weighted by Crippen LogP contribution is 2.37. The van der Waals surface area contributed by atoms with Crippen molar-refractivity contribution in [2.75, 3.05) is 13.1 Å².